The van der Waals surface area contributed by atoms with Crippen molar-refractivity contribution in [3.63, 3.8) is 0 Å². The Balaban J connectivity index is 1.53. The van der Waals surface area contributed by atoms with Crippen LogP contribution >= 0.6 is 0 Å². The molecule has 30 heavy (non-hydrogen) atoms. The van der Waals surface area contributed by atoms with Crippen LogP contribution in [-0.4, -0.2) is 30.9 Å². The van der Waals surface area contributed by atoms with Gasteiger partial charge >= 0.3 is 0 Å². The summed E-state index contributed by atoms with van der Waals surface area (Å²) in [6.45, 7) is 0. The first-order chi connectivity index (χ1) is 14.9. The van der Waals surface area contributed by atoms with E-state index in [9.17, 15) is 0 Å². The molecule has 2 aromatic heterocycles. The molecule has 0 spiro atoms. The Bertz CT molecular complexity index is 1250. The van der Waals surface area contributed by atoms with Crippen LogP contribution in [-0.2, 0) is 0 Å². The monoisotopic (exact) mass is 390 g/mol. The van der Waals surface area contributed by atoms with E-state index in [1.165, 1.54) is 0 Å². The van der Waals surface area contributed by atoms with Gasteiger partial charge in [0.05, 0.1) is 23.3 Å². The third-order valence-electron chi connectivity index (χ3n) is 4.73. The van der Waals surface area contributed by atoms with Crippen molar-refractivity contribution < 1.29 is 0 Å². The van der Waals surface area contributed by atoms with Gasteiger partial charge in [-0.3, -0.25) is 0 Å². The lowest BCUT2D eigenvalue weighted by Crippen LogP contribution is -1.99. The highest BCUT2D eigenvalue weighted by atomic mass is 15.4. The molecule has 0 radical (unpaired) electrons. The third kappa shape index (κ3) is 3.66. The van der Waals surface area contributed by atoms with E-state index < -0.39 is 0 Å². The van der Waals surface area contributed by atoms with Gasteiger partial charge < -0.3 is 0 Å². The summed E-state index contributed by atoms with van der Waals surface area (Å²) in [5.41, 5.74) is 6.14. The lowest BCUT2D eigenvalue weighted by molar-refractivity contribution is 0.878. The van der Waals surface area contributed by atoms with Crippen LogP contribution in [0.5, 0.6) is 0 Å². The highest BCUT2D eigenvalue weighted by molar-refractivity contribution is 5.80. The molecule has 144 valence electrons. The molecular weight excluding hydrogens is 372 g/mol. The van der Waals surface area contributed by atoms with E-state index in [4.69, 9.17) is 5.10 Å². The van der Waals surface area contributed by atoms with Gasteiger partial charge in [-0.2, -0.15) is 10.2 Å². The van der Waals surface area contributed by atoms with E-state index in [0.29, 0.717) is 0 Å². The number of rotatable bonds is 5. The zero-order valence-electron chi connectivity index (χ0n) is 16.1. The number of hydrogen-bond donors (Lipinski definition) is 0. The van der Waals surface area contributed by atoms with Crippen LogP contribution in [0.1, 0.15) is 5.56 Å². The summed E-state index contributed by atoms with van der Waals surface area (Å²) in [5.74, 6) is 0. The molecule has 6 nitrogen and oxygen atoms in total. The van der Waals surface area contributed by atoms with Crippen molar-refractivity contribution in [1.82, 2.24) is 24.7 Å². The molecule has 2 heterocycles. The van der Waals surface area contributed by atoms with Crippen molar-refractivity contribution in [3.05, 3.63) is 109 Å². The first-order valence-corrected chi connectivity index (χ1v) is 9.57. The SMILES string of the molecule is C(=N/n1cnnc1)/c1ccc(-n2nc(-c3ccccc3)cc2-c2ccccc2)cc1. The Labute approximate surface area is 173 Å². The van der Waals surface area contributed by atoms with Crippen molar-refractivity contribution in [2.45, 2.75) is 0 Å². The van der Waals surface area contributed by atoms with Gasteiger partial charge in [0, 0.05) is 11.1 Å². The smallest absolute Gasteiger partial charge is 0.141 e. The normalized spacial score (nSPS) is 11.2. The maximum atomic E-state index is 4.91. The van der Waals surface area contributed by atoms with Crippen LogP contribution in [0.25, 0.3) is 28.2 Å². The maximum absolute atomic E-state index is 4.91. The average molecular weight is 390 g/mol. The first kappa shape index (κ1) is 17.8. The molecule has 0 unspecified atom stereocenters. The standard InChI is InChI=1S/C24H18N6/c1-3-7-20(8-4-1)23-15-24(21-9-5-2-6-10-21)30(28-23)22-13-11-19(12-14-22)16-27-29-17-25-26-18-29/h1-18H/b27-16-. The Kier molecular flexibility index (Phi) is 4.72. The molecule has 3 aromatic carbocycles. The average Bonchev–Trinajstić information content (AvgIpc) is 3.50. The Morgan fingerprint density at radius 3 is 2.00 bits per heavy atom. The number of hydrogen-bond acceptors (Lipinski definition) is 4. The second-order valence-electron chi connectivity index (χ2n) is 6.74. The summed E-state index contributed by atoms with van der Waals surface area (Å²) >= 11 is 0. The first-order valence-electron chi connectivity index (χ1n) is 9.57. The molecule has 0 aliphatic rings. The number of nitrogens with zero attached hydrogens (tertiary/aromatic N) is 6. The van der Waals surface area contributed by atoms with E-state index in [-0.39, 0.29) is 0 Å². The Morgan fingerprint density at radius 2 is 1.33 bits per heavy atom. The molecule has 5 rings (SSSR count). The quantitative estimate of drug-likeness (QED) is 0.409. The van der Waals surface area contributed by atoms with E-state index in [0.717, 1.165) is 33.8 Å². The molecule has 0 atom stereocenters. The van der Waals surface area contributed by atoms with E-state index >= 15 is 0 Å². The topological polar surface area (TPSA) is 60.9 Å². The molecule has 6 heteroatoms. The number of benzene rings is 3. The minimum Gasteiger partial charge on any atom is -0.232 e. The third-order valence-corrected chi connectivity index (χ3v) is 4.73. The predicted molar refractivity (Wildman–Crippen MR) is 117 cm³/mol. The molecule has 0 saturated heterocycles. The van der Waals surface area contributed by atoms with Crippen molar-refractivity contribution in [3.8, 4) is 28.2 Å². The van der Waals surface area contributed by atoms with Gasteiger partial charge in [0.1, 0.15) is 12.7 Å². The summed E-state index contributed by atoms with van der Waals surface area (Å²) in [7, 11) is 0. The summed E-state index contributed by atoms with van der Waals surface area (Å²) in [4.78, 5) is 0. The summed E-state index contributed by atoms with van der Waals surface area (Å²) in [6, 6.07) is 30.8. The summed E-state index contributed by atoms with van der Waals surface area (Å²) < 4.78 is 3.54. The van der Waals surface area contributed by atoms with Crippen molar-refractivity contribution in [2.75, 3.05) is 0 Å². The van der Waals surface area contributed by atoms with Crippen molar-refractivity contribution >= 4 is 6.21 Å². The van der Waals surface area contributed by atoms with Crippen LogP contribution in [0.15, 0.2) is 109 Å². The van der Waals surface area contributed by atoms with Gasteiger partial charge in [-0.1, -0.05) is 72.8 Å². The van der Waals surface area contributed by atoms with Crippen LogP contribution in [0.2, 0.25) is 0 Å². The number of aromatic nitrogens is 5. The van der Waals surface area contributed by atoms with E-state index in [2.05, 4.69) is 45.6 Å². The molecule has 0 saturated carbocycles. The minimum atomic E-state index is 0.938. The van der Waals surface area contributed by atoms with Gasteiger partial charge in [-0.05, 0) is 23.8 Å². The largest absolute Gasteiger partial charge is 0.232 e. The van der Waals surface area contributed by atoms with Gasteiger partial charge in [-0.15, -0.1) is 10.2 Å². The zero-order valence-corrected chi connectivity index (χ0v) is 16.1. The summed E-state index contributed by atoms with van der Waals surface area (Å²) in [5, 5.41) is 16.7. The predicted octanol–water partition coefficient (Wildman–Crippen LogP) is 4.68. The second kappa shape index (κ2) is 7.97. The molecule has 0 fully saturated rings. The maximum Gasteiger partial charge on any atom is 0.141 e. The van der Waals surface area contributed by atoms with E-state index in [1.807, 2.05) is 65.3 Å². The highest BCUT2D eigenvalue weighted by Gasteiger charge is 2.12. The molecule has 0 bridgehead atoms. The van der Waals surface area contributed by atoms with Gasteiger partial charge in [0.2, 0.25) is 0 Å². The van der Waals surface area contributed by atoms with E-state index in [1.54, 1.807) is 23.5 Å². The lowest BCUT2D eigenvalue weighted by Gasteiger charge is -2.08. The fourth-order valence-electron chi connectivity index (χ4n) is 3.23. The minimum absolute atomic E-state index is 0.938. The van der Waals surface area contributed by atoms with Crippen molar-refractivity contribution in [1.29, 1.82) is 0 Å². The Hall–Kier alpha value is -4.32. The Morgan fingerprint density at radius 1 is 0.700 bits per heavy atom. The molecule has 0 N–H and O–H groups in total. The molecule has 0 amide bonds. The summed E-state index contributed by atoms with van der Waals surface area (Å²) in [6.07, 6.45) is 4.86. The molecular formula is C24H18N6. The fourth-order valence-corrected chi connectivity index (χ4v) is 3.23. The van der Waals surface area contributed by atoms with Gasteiger partial charge in [0.25, 0.3) is 0 Å². The zero-order chi connectivity index (χ0) is 20.2. The van der Waals surface area contributed by atoms with Crippen LogP contribution < -0.4 is 0 Å². The molecule has 0 aliphatic carbocycles. The highest BCUT2D eigenvalue weighted by Crippen LogP contribution is 2.28. The lowest BCUT2D eigenvalue weighted by atomic mass is 10.1. The fraction of sp³-hybridized carbons (Fsp3) is 0. The van der Waals surface area contributed by atoms with Crippen LogP contribution in [0.3, 0.4) is 0 Å². The van der Waals surface area contributed by atoms with Gasteiger partial charge in [0.15, 0.2) is 0 Å². The van der Waals surface area contributed by atoms with Crippen molar-refractivity contribution in [2.24, 2.45) is 5.10 Å². The van der Waals surface area contributed by atoms with Crippen LogP contribution in [0.4, 0.5) is 0 Å². The second-order valence-corrected chi connectivity index (χ2v) is 6.74. The van der Waals surface area contributed by atoms with Crippen LogP contribution in [0, 0.1) is 0 Å². The van der Waals surface area contributed by atoms with Gasteiger partial charge in [-0.25, -0.2) is 9.36 Å². The molecule has 0 aliphatic heterocycles. The molecule has 5 aromatic rings.